The van der Waals surface area contributed by atoms with Gasteiger partial charge < -0.3 is 10.6 Å². The largest absolute Gasteiger partial charge is 0.354 e. The smallest absolute Gasteiger partial charge is 0.244 e. The fraction of sp³-hybridized carbons (Fsp3) is 0.444. The Balaban J connectivity index is 2.56. The Kier molecular flexibility index (Phi) is 7.97. The molecule has 0 aliphatic carbocycles. The van der Waals surface area contributed by atoms with E-state index >= 15 is 0 Å². The van der Waals surface area contributed by atoms with Crippen molar-refractivity contribution in [3.63, 3.8) is 0 Å². The second-order valence-corrected chi connectivity index (χ2v) is 5.76. The molecule has 1 aromatic rings. The molecule has 1 atom stereocenters. The molecule has 1 aromatic carbocycles. The van der Waals surface area contributed by atoms with E-state index in [9.17, 15) is 9.59 Å². The van der Waals surface area contributed by atoms with E-state index in [0.29, 0.717) is 18.9 Å². The van der Waals surface area contributed by atoms with Gasteiger partial charge in [-0.15, -0.1) is 0 Å². The summed E-state index contributed by atoms with van der Waals surface area (Å²) in [5, 5.41) is 5.60. The average Bonchev–Trinajstić information content (AvgIpc) is 2.51. The fourth-order valence-electron chi connectivity index (χ4n) is 2.06. The standard InChI is InChI=1S/C18H26N2O2/c1-4-17(21)20-16(18(22)19-13-12-14(2)3)11-10-15-8-6-5-7-9-15/h4-9,14,16H,1,10-13H2,2-3H3,(H,19,22)(H,20,21)/t16-/m0/s1. The number of carbonyl (C=O) groups is 2. The third kappa shape index (κ3) is 7.07. The van der Waals surface area contributed by atoms with Gasteiger partial charge in [0.15, 0.2) is 0 Å². The summed E-state index contributed by atoms with van der Waals surface area (Å²) in [5.41, 5.74) is 1.15. The molecule has 0 spiro atoms. The number of nitrogens with one attached hydrogen (secondary N) is 2. The summed E-state index contributed by atoms with van der Waals surface area (Å²) in [6.45, 7) is 8.28. The summed E-state index contributed by atoms with van der Waals surface area (Å²) in [6, 6.07) is 9.40. The van der Waals surface area contributed by atoms with E-state index in [4.69, 9.17) is 0 Å². The fourth-order valence-corrected chi connectivity index (χ4v) is 2.06. The summed E-state index contributed by atoms with van der Waals surface area (Å²) < 4.78 is 0. The highest BCUT2D eigenvalue weighted by molar-refractivity contribution is 5.92. The van der Waals surface area contributed by atoms with Gasteiger partial charge in [0.2, 0.25) is 11.8 Å². The second-order valence-electron chi connectivity index (χ2n) is 5.76. The Bertz CT molecular complexity index is 483. The van der Waals surface area contributed by atoms with E-state index in [1.165, 1.54) is 6.08 Å². The van der Waals surface area contributed by atoms with Gasteiger partial charge in [0, 0.05) is 6.54 Å². The van der Waals surface area contributed by atoms with Crippen LogP contribution < -0.4 is 10.6 Å². The lowest BCUT2D eigenvalue weighted by molar-refractivity contribution is -0.127. The lowest BCUT2D eigenvalue weighted by atomic mass is 10.0. The molecule has 0 heterocycles. The maximum atomic E-state index is 12.2. The van der Waals surface area contributed by atoms with Crippen molar-refractivity contribution in [3.05, 3.63) is 48.6 Å². The monoisotopic (exact) mass is 302 g/mol. The molecule has 4 heteroatoms. The molecule has 0 aromatic heterocycles. The third-order valence-electron chi connectivity index (χ3n) is 3.40. The topological polar surface area (TPSA) is 58.2 Å². The van der Waals surface area contributed by atoms with Gasteiger partial charge in [-0.25, -0.2) is 0 Å². The number of hydrogen-bond donors (Lipinski definition) is 2. The lowest BCUT2D eigenvalue weighted by Crippen LogP contribution is -2.46. The van der Waals surface area contributed by atoms with Gasteiger partial charge in [-0.05, 0) is 36.8 Å². The van der Waals surface area contributed by atoms with Gasteiger partial charge in [0.1, 0.15) is 6.04 Å². The van der Waals surface area contributed by atoms with Crippen molar-refractivity contribution in [1.29, 1.82) is 0 Å². The van der Waals surface area contributed by atoms with Gasteiger partial charge in [0.05, 0.1) is 0 Å². The van der Waals surface area contributed by atoms with Gasteiger partial charge in [-0.2, -0.15) is 0 Å². The predicted octanol–water partition coefficient (Wildman–Crippen LogP) is 2.45. The van der Waals surface area contributed by atoms with Crippen LogP contribution in [0, 0.1) is 5.92 Å². The lowest BCUT2D eigenvalue weighted by Gasteiger charge is -2.18. The van der Waals surface area contributed by atoms with E-state index in [1.54, 1.807) is 0 Å². The minimum atomic E-state index is -0.530. The number of carbonyl (C=O) groups excluding carboxylic acids is 2. The second kappa shape index (κ2) is 9.77. The van der Waals surface area contributed by atoms with Crippen LogP contribution in [0.4, 0.5) is 0 Å². The number of hydrogen-bond acceptors (Lipinski definition) is 2. The molecule has 0 radical (unpaired) electrons. The van der Waals surface area contributed by atoms with Gasteiger partial charge in [0.25, 0.3) is 0 Å². The van der Waals surface area contributed by atoms with E-state index in [1.807, 2.05) is 30.3 Å². The summed E-state index contributed by atoms with van der Waals surface area (Å²) in [4.78, 5) is 23.7. The van der Waals surface area contributed by atoms with Crippen LogP contribution in [0.3, 0.4) is 0 Å². The van der Waals surface area contributed by atoms with Crippen LogP contribution in [-0.4, -0.2) is 24.4 Å². The van der Waals surface area contributed by atoms with Crippen molar-refractivity contribution in [2.24, 2.45) is 5.92 Å². The average molecular weight is 302 g/mol. The third-order valence-corrected chi connectivity index (χ3v) is 3.40. The summed E-state index contributed by atoms with van der Waals surface area (Å²) in [5.74, 6) is 0.0784. The zero-order chi connectivity index (χ0) is 16.4. The molecule has 2 amide bonds. The molecule has 0 saturated carbocycles. The molecule has 0 saturated heterocycles. The molecular weight excluding hydrogens is 276 g/mol. The van der Waals surface area contributed by atoms with Crippen LogP contribution in [0.15, 0.2) is 43.0 Å². The molecule has 4 nitrogen and oxygen atoms in total. The maximum absolute atomic E-state index is 12.2. The molecule has 0 aliphatic rings. The van der Waals surface area contributed by atoms with E-state index in [-0.39, 0.29) is 11.8 Å². The number of benzene rings is 1. The highest BCUT2D eigenvalue weighted by Gasteiger charge is 2.19. The first-order chi connectivity index (χ1) is 10.5. The van der Waals surface area contributed by atoms with Crippen LogP contribution in [0.2, 0.25) is 0 Å². The molecule has 0 fully saturated rings. The predicted molar refractivity (Wildman–Crippen MR) is 89.4 cm³/mol. The normalized spacial score (nSPS) is 11.8. The minimum absolute atomic E-state index is 0.133. The van der Waals surface area contributed by atoms with Crippen LogP contribution in [0.5, 0.6) is 0 Å². The SMILES string of the molecule is C=CC(=O)N[C@@H](CCc1ccccc1)C(=O)NCCC(C)C. The van der Waals surface area contributed by atoms with Gasteiger partial charge >= 0.3 is 0 Å². The number of amides is 2. The van der Waals surface area contributed by atoms with Crippen molar-refractivity contribution >= 4 is 11.8 Å². The Morgan fingerprint density at radius 3 is 2.45 bits per heavy atom. The van der Waals surface area contributed by atoms with Crippen molar-refractivity contribution in [2.45, 2.75) is 39.2 Å². The first-order valence-corrected chi connectivity index (χ1v) is 7.77. The zero-order valence-corrected chi connectivity index (χ0v) is 13.5. The first-order valence-electron chi connectivity index (χ1n) is 7.77. The molecular formula is C18H26N2O2. The molecule has 120 valence electrons. The number of rotatable bonds is 9. The highest BCUT2D eigenvalue weighted by atomic mass is 16.2. The molecule has 1 rings (SSSR count). The highest BCUT2D eigenvalue weighted by Crippen LogP contribution is 2.06. The zero-order valence-electron chi connectivity index (χ0n) is 13.5. The van der Waals surface area contributed by atoms with E-state index < -0.39 is 6.04 Å². The van der Waals surface area contributed by atoms with Crippen molar-refractivity contribution < 1.29 is 9.59 Å². The maximum Gasteiger partial charge on any atom is 0.244 e. The van der Waals surface area contributed by atoms with Gasteiger partial charge in [-0.3, -0.25) is 9.59 Å². The van der Waals surface area contributed by atoms with Crippen molar-refractivity contribution in [2.75, 3.05) is 6.54 Å². The molecule has 0 aliphatic heterocycles. The minimum Gasteiger partial charge on any atom is -0.354 e. The Morgan fingerprint density at radius 2 is 1.86 bits per heavy atom. The van der Waals surface area contributed by atoms with E-state index in [0.717, 1.165) is 18.4 Å². The Labute approximate surface area is 133 Å². The molecule has 2 N–H and O–H groups in total. The van der Waals surface area contributed by atoms with Crippen molar-refractivity contribution in [1.82, 2.24) is 10.6 Å². The first kappa shape index (κ1) is 18.0. The number of aryl methyl sites for hydroxylation is 1. The quantitative estimate of drug-likeness (QED) is 0.688. The van der Waals surface area contributed by atoms with Crippen LogP contribution >= 0.6 is 0 Å². The van der Waals surface area contributed by atoms with Crippen LogP contribution in [0.25, 0.3) is 0 Å². The van der Waals surface area contributed by atoms with Gasteiger partial charge in [-0.1, -0.05) is 50.8 Å². The Morgan fingerprint density at radius 1 is 1.18 bits per heavy atom. The van der Waals surface area contributed by atoms with E-state index in [2.05, 4.69) is 31.1 Å². The summed E-state index contributed by atoms with van der Waals surface area (Å²) in [6.07, 6.45) is 3.42. The summed E-state index contributed by atoms with van der Waals surface area (Å²) in [7, 11) is 0. The summed E-state index contributed by atoms with van der Waals surface area (Å²) >= 11 is 0. The van der Waals surface area contributed by atoms with Crippen molar-refractivity contribution in [3.8, 4) is 0 Å². The molecule has 0 bridgehead atoms. The van der Waals surface area contributed by atoms with Crippen LogP contribution in [-0.2, 0) is 16.0 Å². The molecule has 22 heavy (non-hydrogen) atoms. The van der Waals surface area contributed by atoms with Crippen LogP contribution in [0.1, 0.15) is 32.3 Å². The Hall–Kier alpha value is -2.10. The molecule has 0 unspecified atom stereocenters.